The fourth-order valence-corrected chi connectivity index (χ4v) is 1.03. The highest BCUT2D eigenvalue weighted by atomic mass is 19.4. The summed E-state index contributed by atoms with van der Waals surface area (Å²) < 4.78 is 36.5. The van der Waals surface area contributed by atoms with E-state index in [0.29, 0.717) is 5.56 Å². The van der Waals surface area contributed by atoms with E-state index < -0.39 is 17.7 Å². The normalized spacial score (nSPS) is 10.4. The maximum Gasteiger partial charge on any atom is 0.416 e. The lowest BCUT2D eigenvalue weighted by atomic mass is 10.1. The SMILES string of the molecule is O=C(O)C#CCc1ccc(C(F)(F)F)cc1. The molecule has 0 atom stereocenters. The van der Waals surface area contributed by atoms with E-state index >= 15 is 0 Å². The number of rotatable bonds is 1. The summed E-state index contributed by atoms with van der Waals surface area (Å²) in [7, 11) is 0. The number of carboxylic acid groups (broad SMARTS) is 1. The summed E-state index contributed by atoms with van der Waals surface area (Å²) in [5, 5.41) is 8.22. The molecule has 0 aliphatic heterocycles. The molecule has 1 N–H and O–H groups in total. The van der Waals surface area contributed by atoms with Crippen molar-refractivity contribution in [2.45, 2.75) is 12.6 Å². The molecule has 2 nitrogen and oxygen atoms in total. The lowest BCUT2D eigenvalue weighted by molar-refractivity contribution is -0.137. The smallest absolute Gasteiger partial charge is 0.416 e. The van der Waals surface area contributed by atoms with Crippen molar-refractivity contribution in [2.24, 2.45) is 0 Å². The first-order valence-electron chi connectivity index (χ1n) is 4.27. The summed E-state index contributed by atoms with van der Waals surface area (Å²) in [6.07, 6.45) is -4.24. The highest BCUT2D eigenvalue weighted by Crippen LogP contribution is 2.28. The van der Waals surface area contributed by atoms with Crippen LogP contribution in [0, 0.1) is 11.8 Å². The van der Waals surface area contributed by atoms with Gasteiger partial charge in [-0.3, -0.25) is 0 Å². The third-order valence-corrected chi connectivity index (χ3v) is 1.77. The zero-order chi connectivity index (χ0) is 12.2. The van der Waals surface area contributed by atoms with Gasteiger partial charge in [-0.15, -0.1) is 0 Å². The van der Waals surface area contributed by atoms with Crippen molar-refractivity contribution < 1.29 is 23.1 Å². The minimum Gasteiger partial charge on any atom is -0.472 e. The number of carboxylic acids is 1. The lowest BCUT2D eigenvalue weighted by Gasteiger charge is -2.06. The lowest BCUT2D eigenvalue weighted by Crippen LogP contribution is -2.04. The summed E-state index contributed by atoms with van der Waals surface area (Å²) in [5.41, 5.74) is -0.191. The van der Waals surface area contributed by atoms with Gasteiger partial charge in [-0.2, -0.15) is 13.2 Å². The van der Waals surface area contributed by atoms with Gasteiger partial charge in [0.25, 0.3) is 0 Å². The van der Waals surface area contributed by atoms with Gasteiger partial charge in [-0.05, 0) is 17.7 Å². The Bertz CT molecular complexity index is 435. The molecule has 16 heavy (non-hydrogen) atoms. The Hall–Kier alpha value is -1.96. The van der Waals surface area contributed by atoms with Gasteiger partial charge in [0, 0.05) is 12.3 Å². The Morgan fingerprint density at radius 3 is 2.25 bits per heavy atom. The van der Waals surface area contributed by atoms with Gasteiger partial charge >= 0.3 is 12.1 Å². The average Bonchev–Trinajstić information content (AvgIpc) is 2.16. The number of hydrogen-bond acceptors (Lipinski definition) is 1. The molecule has 0 amide bonds. The quantitative estimate of drug-likeness (QED) is 0.749. The van der Waals surface area contributed by atoms with Crippen LogP contribution in [0.3, 0.4) is 0 Å². The molecular formula is C11H7F3O2. The fraction of sp³-hybridized carbons (Fsp3) is 0.182. The Kier molecular flexibility index (Phi) is 3.56. The number of aliphatic carboxylic acids is 1. The molecule has 1 aromatic carbocycles. The van der Waals surface area contributed by atoms with E-state index in [1.165, 1.54) is 12.1 Å². The largest absolute Gasteiger partial charge is 0.472 e. The molecule has 0 unspecified atom stereocenters. The fourth-order valence-electron chi connectivity index (χ4n) is 1.03. The van der Waals surface area contributed by atoms with E-state index in [0.717, 1.165) is 12.1 Å². The van der Waals surface area contributed by atoms with Crippen molar-refractivity contribution in [3.05, 3.63) is 35.4 Å². The van der Waals surface area contributed by atoms with Crippen molar-refractivity contribution >= 4 is 5.97 Å². The molecule has 0 fully saturated rings. The first kappa shape index (κ1) is 12.1. The summed E-state index contributed by atoms with van der Waals surface area (Å²) in [4.78, 5) is 10.1. The van der Waals surface area contributed by atoms with Crippen LogP contribution in [0.4, 0.5) is 13.2 Å². The Morgan fingerprint density at radius 1 is 1.25 bits per heavy atom. The molecule has 0 aliphatic carbocycles. The summed E-state index contributed by atoms with van der Waals surface area (Å²) in [6.45, 7) is 0. The maximum atomic E-state index is 12.2. The minimum absolute atomic E-state index is 0.116. The third kappa shape index (κ3) is 3.65. The molecule has 0 bridgehead atoms. The molecule has 0 aromatic heterocycles. The van der Waals surface area contributed by atoms with Crippen molar-refractivity contribution in [3.8, 4) is 11.8 Å². The molecule has 0 saturated carbocycles. The number of carbonyl (C=O) groups is 1. The van der Waals surface area contributed by atoms with Crippen LogP contribution < -0.4 is 0 Å². The number of alkyl halides is 3. The second kappa shape index (κ2) is 4.71. The molecule has 84 valence electrons. The van der Waals surface area contributed by atoms with Gasteiger partial charge in [-0.25, -0.2) is 4.79 Å². The highest BCUT2D eigenvalue weighted by molar-refractivity contribution is 5.86. The van der Waals surface area contributed by atoms with Gasteiger partial charge in [-0.1, -0.05) is 18.1 Å². The van der Waals surface area contributed by atoms with E-state index in [2.05, 4.69) is 5.92 Å². The third-order valence-electron chi connectivity index (χ3n) is 1.77. The van der Waals surface area contributed by atoms with E-state index in [9.17, 15) is 18.0 Å². The van der Waals surface area contributed by atoms with Crippen molar-refractivity contribution in [3.63, 3.8) is 0 Å². The zero-order valence-corrected chi connectivity index (χ0v) is 8.01. The first-order chi connectivity index (χ1) is 7.39. The maximum absolute atomic E-state index is 12.2. The molecule has 0 saturated heterocycles. The summed E-state index contributed by atoms with van der Waals surface area (Å²) in [6, 6.07) is 4.44. The van der Waals surface area contributed by atoms with Crippen LogP contribution in [-0.4, -0.2) is 11.1 Å². The van der Waals surface area contributed by atoms with Gasteiger partial charge in [0.2, 0.25) is 0 Å². The molecule has 1 aromatic rings. The predicted molar refractivity (Wildman–Crippen MR) is 50.6 cm³/mol. The van der Waals surface area contributed by atoms with Crippen molar-refractivity contribution in [1.82, 2.24) is 0 Å². The number of hydrogen-bond donors (Lipinski definition) is 1. The summed E-state index contributed by atoms with van der Waals surface area (Å²) >= 11 is 0. The van der Waals surface area contributed by atoms with Gasteiger partial charge in [0.1, 0.15) is 0 Å². The first-order valence-corrected chi connectivity index (χ1v) is 4.27. The van der Waals surface area contributed by atoms with E-state index in [-0.39, 0.29) is 6.42 Å². The van der Waals surface area contributed by atoms with Crippen LogP contribution in [0.25, 0.3) is 0 Å². The molecule has 5 heteroatoms. The highest BCUT2D eigenvalue weighted by Gasteiger charge is 2.29. The standard InChI is InChI=1S/C11H7F3O2/c12-11(13,14)9-6-4-8(5-7-9)2-1-3-10(15)16/h4-7H,2H2,(H,15,16). The van der Waals surface area contributed by atoms with Gasteiger partial charge < -0.3 is 5.11 Å². The van der Waals surface area contributed by atoms with Crippen LogP contribution in [0.2, 0.25) is 0 Å². The summed E-state index contributed by atoms with van der Waals surface area (Å²) in [5.74, 6) is 2.95. The topological polar surface area (TPSA) is 37.3 Å². The second-order valence-corrected chi connectivity index (χ2v) is 2.98. The van der Waals surface area contributed by atoms with Crippen LogP contribution in [0.15, 0.2) is 24.3 Å². The van der Waals surface area contributed by atoms with E-state index in [1.54, 1.807) is 0 Å². The second-order valence-electron chi connectivity index (χ2n) is 2.98. The monoisotopic (exact) mass is 228 g/mol. The van der Waals surface area contributed by atoms with Crippen LogP contribution >= 0.6 is 0 Å². The van der Waals surface area contributed by atoms with Crippen LogP contribution in [0.5, 0.6) is 0 Å². The molecule has 0 heterocycles. The Morgan fingerprint density at radius 2 is 1.81 bits per heavy atom. The molecular weight excluding hydrogens is 221 g/mol. The Labute approximate surface area is 89.7 Å². The Balaban J connectivity index is 2.74. The predicted octanol–water partition coefficient (Wildman–Crippen LogP) is 2.34. The number of halogens is 3. The molecule has 0 aliphatic rings. The van der Waals surface area contributed by atoms with Crippen molar-refractivity contribution in [1.29, 1.82) is 0 Å². The van der Waals surface area contributed by atoms with Gasteiger partial charge in [0.05, 0.1) is 5.56 Å². The minimum atomic E-state index is -4.36. The zero-order valence-electron chi connectivity index (χ0n) is 8.01. The van der Waals surface area contributed by atoms with E-state index in [1.807, 2.05) is 5.92 Å². The molecule has 1 rings (SSSR count). The average molecular weight is 228 g/mol. The van der Waals surface area contributed by atoms with Crippen molar-refractivity contribution in [2.75, 3.05) is 0 Å². The molecule has 0 spiro atoms. The van der Waals surface area contributed by atoms with E-state index in [4.69, 9.17) is 5.11 Å². The van der Waals surface area contributed by atoms with Crippen LogP contribution in [0.1, 0.15) is 11.1 Å². The molecule has 0 radical (unpaired) electrons. The van der Waals surface area contributed by atoms with Gasteiger partial charge in [0.15, 0.2) is 0 Å². The van der Waals surface area contributed by atoms with Crippen LogP contribution in [-0.2, 0) is 17.4 Å². The number of benzene rings is 1.